The van der Waals surface area contributed by atoms with Crippen molar-refractivity contribution in [2.75, 3.05) is 13.2 Å². The van der Waals surface area contributed by atoms with E-state index in [0.29, 0.717) is 6.61 Å². The van der Waals surface area contributed by atoms with Crippen LogP contribution in [0.2, 0.25) is 43.8 Å². The quantitative estimate of drug-likeness (QED) is 0.544. The van der Waals surface area contributed by atoms with Crippen molar-refractivity contribution in [1.29, 1.82) is 0 Å². The van der Waals surface area contributed by atoms with Gasteiger partial charge in [0, 0.05) is 8.07 Å². The Hall–Kier alpha value is -0.176. The Morgan fingerprint density at radius 2 is 1.67 bits per heavy atom. The Morgan fingerprint density at radius 1 is 1.14 bits per heavy atom. The van der Waals surface area contributed by atoms with Gasteiger partial charge in [-0.15, -0.1) is 0 Å². The molecule has 0 bridgehead atoms. The van der Waals surface area contributed by atoms with Crippen molar-refractivity contribution in [2.24, 2.45) is 0 Å². The van der Waals surface area contributed by atoms with Crippen molar-refractivity contribution < 1.29 is 19.1 Å². The van der Waals surface area contributed by atoms with Gasteiger partial charge in [0.05, 0.1) is 25.7 Å². The van der Waals surface area contributed by atoms with Crippen LogP contribution in [0.25, 0.3) is 0 Å². The van der Waals surface area contributed by atoms with E-state index in [1.54, 1.807) is 0 Å². The number of hydrogen-bond donors (Lipinski definition) is 1. The zero-order valence-corrected chi connectivity index (χ0v) is 17.1. The molecular formula is C15H34O4Si2. The minimum atomic E-state index is -1.98. The van der Waals surface area contributed by atoms with E-state index in [1.807, 2.05) is 0 Å². The van der Waals surface area contributed by atoms with E-state index in [4.69, 9.17) is 9.16 Å². The van der Waals surface area contributed by atoms with Crippen LogP contribution in [0.15, 0.2) is 0 Å². The summed E-state index contributed by atoms with van der Waals surface area (Å²) in [6.07, 6.45) is -0.320. The first kappa shape index (κ1) is 20.8. The first-order valence-electron chi connectivity index (χ1n) is 7.73. The minimum absolute atomic E-state index is 0.0577. The molecule has 0 rings (SSSR count). The fourth-order valence-corrected chi connectivity index (χ4v) is 3.51. The molecule has 0 heterocycles. The van der Waals surface area contributed by atoms with Crippen molar-refractivity contribution in [3.05, 3.63) is 0 Å². The van der Waals surface area contributed by atoms with E-state index < -0.39 is 22.5 Å². The van der Waals surface area contributed by atoms with E-state index in [0.717, 1.165) is 6.04 Å². The Kier molecular flexibility index (Phi) is 7.83. The lowest BCUT2D eigenvalue weighted by atomic mass is 10.2. The fourth-order valence-electron chi connectivity index (χ4n) is 1.45. The number of carbonyl (C=O) groups is 1. The van der Waals surface area contributed by atoms with Crippen LogP contribution in [0.5, 0.6) is 0 Å². The molecular weight excluding hydrogens is 300 g/mol. The van der Waals surface area contributed by atoms with Gasteiger partial charge in [-0.2, -0.15) is 0 Å². The summed E-state index contributed by atoms with van der Waals surface area (Å²) in [5, 5.41) is 9.51. The second-order valence-corrected chi connectivity index (χ2v) is 18.8. The molecule has 0 radical (unpaired) electrons. The van der Waals surface area contributed by atoms with Crippen molar-refractivity contribution in [2.45, 2.75) is 77.1 Å². The second kappa shape index (κ2) is 7.90. The molecule has 0 amide bonds. The van der Waals surface area contributed by atoms with Crippen LogP contribution in [0, 0.1) is 0 Å². The highest BCUT2D eigenvalue weighted by Crippen LogP contribution is 2.37. The summed E-state index contributed by atoms with van der Waals surface area (Å²) in [4.78, 5) is 11.9. The maximum atomic E-state index is 11.9. The zero-order valence-electron chi connectivity index (χ0n) is 15.1. The SMILES string of the molecule is CC(C)(C)[Si](C)(C)O[C@H](CO)CC(=O)OCC[Si](C)(C)C. The third-order valence-electron chi connectivity index (χ3n) is 3.98. The average Bonchev–Trinajstić information content (AvgIpc) is 2.24. The lowest BCUT2D eigenvalue weighted by molar-refractivity contribution is -0.145. The van der Waals surface area contributed by atoms with Crippen LogP contribution in [0.4, 0.5) is 0 Å². The molecule has 6 heteroatoms. The van der Waals surface area contributed by atoms with Crippen LogP contribution >= 0.6 is 0 Å². The predicted molar refractivity (Wildman–Crippen MR) is 92.9 cm³/mol. The standard InChI is InChI=1S/C15H34O4Si2/c1-15(2,3)21(7,8)19-13(12-16)11-14(17)18-9-10-20(4,5)6/h13,16H,9-12H2,1-8H3/t13-/m0/s1. The molecule has 126 valence electrons. The van der Waals surface area contributed by atoms with Gasteiger partial charge in [-0.25, -0.2) is 0 Å². The molecule has 0 aromatic carbocycles. The van der Waals surface area contributed by atoms with Crippen molar-refractivity contribution >= 4 is 22.4 Å². The number of carbonyl (C=O) groups excluding carboxylic acids is 1. The average molecular weight is 335 g/mol. The van der Waals surface area contributed by atoms with Crippen LogP contribution in [0.1, 0.15) is 27.2 Å². The zero-order chi connectivity index (χ0) is 16.9. The molecule has 0 saturated heterocycles. The van der Waals surface area contributed by atoms with E-state index in [1.165, 1.54) is 0 Å². The van der Waals surface area contributed by atoms with Crippen LogP contribution < -0.4 is 0 Å². The Morgan fingerprint density at radius 3 is 2.05 bits per heavy atom. The summed E-state index contributed by atoms with van der Waals surface area (Å²) in [7, 11) is -3.16. The van der Waals surface area contributed by atoms with Crippen LogP contribution in [-0.4, -0.2) is 46.8 Å². The van der Waals surface area contributed by atoms with Gasteiger partial charge < -0.3 is 14.3 Å². The number of esters is 1. The summed E-state index contributed by atoms with van der Waals surface area (Å²) in [6, 6.07) is 0.964. The number of aliphatic hydroxyl groups excluding tert-OH is 1. The van der Waals surface area contributed by atoms with E-state index in [-0.39, 0.29) is 24.0 Å². The molecule has 0 unspecified atom stereocenters. The summed E-state index contributed by atoms with van der Waals surface area (Å²) in [5.74, 6) is -0.272. The number of hydrogen-bond acceptors (Lipinski definition) is 4. The van der Waals surface area contributed by atoms with Gasteiger partial charge in [0.25, 0.3) is 0 Å². The Labute approximate surface area is 132 Å². The molecule has 1 atom stereocenters. The second-order valence-electron chi connectivity index (χ2n) is 8.42. The summed E-state index contributed by atoms with van der Waals surface area (Å²) < 4.78 is 11.3. The number of rotatable bonds is 8. The van der Waals surface area contributed by atoms with E-state index in [2.05, 4.69) is 53.5 Å². The summed E-state index contributed by atoms with van der Waals surface area (Å²) in [5.41, 5.74) is 0. The largest absolute Gasteiger partial charge is 0.466 e. The topological polar surface area (TPSA) is 55.8 Å². The smallest absolute Gasteiger partial charge is 0.308 e. The van der Waals surface area contributed by atoms with Gasteiger partial charge in [-0.1, -0.05) is 40.4 Å². The highest BCUT2D eigenvalue weighted by Gasteiger charge is 2.39. The minimum Gasteiger partial charge on any atom is -0.466 e. The summed E-state index contributed by atoms with van der Waals surface area (Å²) >= 11 is 0. The molecule has 0 aliphatic rings. The summed E-state index contributed by atoms with van der Waals surface area (Å²) in [6.45, 7) is 17.7. The highest BCUT2D eigenvalue weighted by molar-refractivity contribution is 6.76. The number of aliphatic hydroxyl groups is 1. The van der Waals surface area contributed by atoms with E-state index in [9.17, 15) is 9.90 Å². The monoisotopic (exact) mass is 334 g/mol. The highest BCUT2D eigenvalue weighted by atomic mass is 28.4. The maximum absolute atomic E-state index is 11.9. The Balaban J connectivity index is 4.35. The maximum Gasteiger partial charge on any atom is 0.308 e. The van der Waals surface area contributed by atoms with Gasteiger partial charge >= 0.3 is 5.97 Å². The Bertz CT molecular complexity index is 330. The van der Waals surface area contributed by atoms with Gasteiger partial charge in [0.1, 0.15) is 0 Å². The molecule has 4 nitrogen and oxygen atoms in total. The lowest BCUT2D eigenvalue weighted by Gasteiger charge is -2.38. The molecule has 0 fully saturated rings. The van der Waals surface area contributed by atoms with Crippen LogP contribution in [0.3, 0.4) is 0 Å². The third-order valence-corrected chi connectivity index (χ3v) is 10.2. The van der Waals surface area contributed by atoms with Crippen LogP contribution in [-0.2, 0) is 14.0 Å². The normalized spacial score (nSPS) is 14.9. The first-order valence-corrected chi connectivity index (χ1v) is 14.3. The van der Waals surface area contributed by atoms with Gasteiger partial charge in [0.15, 0.2) is 8.32 Å². The lowest BCUT2D eigenvalue weighted by Crippen LogP contribution is -2.45. The third kappa shape index (κ3) is 8.75. The van der Waals surface area contributed by atoms with Crippen molar-refractivity contribution in [1.82, 2.24) is 0 Å². The number of ether oxygens (including phenoxy) is 1. The van der Waals surface area contributed by atoms with Gasteiger partial charge in [-0.3, -0.25) is 4.79 Å². The van der Waals surface area contributed by atoms with Gasteiger partial charge in [-0.05, 0) is 24.2 Å². The van der Waals surface area contributed by atoms with Crippen molar-refractivity contribution in [3.63, 3.8) is 0 Å². The molecule has 0 aromatic heterocycles. The molecule has 0 aromatic rings. The van der Waals surface area contributed by atoms with Gasteiger partial charge in [0.2, 0.25) is 0 Å². The molecule has 0 aliphatic carbocycles. The fraction of sp³-hybridized carbons (Fsp3) is 0.933. The molecule has 0 spiro atoms. The molecule has 1 N–H and O–H groups in total. The molecule has 0 saturated carbocycles. The van der Waals surface area contributed by atoms with E-state index >= 15 is 0 Å². The molecule has 0 aliphatic heterocycles. The van der Waals surface area contributed by atoms with Crippen molar-refractivity contribution in [3.8, 4) is 0 Å². The predicted octanol–water partition coefficient (Wildman–Crippen LogP) is 3.64. The molecule has 21 heavy (non-hydrogen) atoms. The first-order chi connectivity index (χ1) is 9.28.